The minimum absolute atomic E-state index is 0.0101. The molecule has 0 aliphatic heterocycles. The summed E-state index contributed by atoms with van der Waals surface area (Å²) in [5.41, 5.74) is 3.59. The molecule has 0 fully saturated rings. The number of rotatable bonds is 4. The molecule has 0 radical (unpaired) electrons. The van der Waals surface area contributed by atoms with Crippen LogP contribution >= 0.6 is 11.3 Å². The molecule has 0 saturated heterocycles. The van der Waals surface area contributed by atoms with Gasteiger partial charge in [-0.1, -0.05) is 0 Å². The van der Waals surface area contributed by atoms with E-state index in [1.54, 1.807) is 24.3 Å². The van der Waals surface area contributed by atoms with Crippen LogP contribution in [-0.2, 0) is 0 Å². The van der Waals surface area contributed by atoms with Gasteiger partial charge >= 0.3 is 0 Å². The van der Waals surface area contributed by atoms with Gasteiger partial charge in [-0.05, 0) is 46.2 Å². The van der Waals surface area contributed by atoms with E-state index in [0.717, 1.165) is 22.0 Å². The normalized spacial score (nSPS) is 12.2. The van der Waals surface area contributed by atoms with Gasteiger partial charge in [0.15, 0.2) is 0 Å². The lowest BCUT2D eigenvalue weighted by atomic mass is 10.1. The third-order valence-corrected chi connectivity index (χ3v) is 4.36. The first kappa shape index (κ1) is 15.4. The van der Waals surface area contributed by atoms with Crippen LogP contribution in [-0.4, -0.2) is 9.91 Å². The molecule has 1 unspecified atom stereocenters. The van der Waals surface area contributed by atoms with Gasteiger partial charge in [-0.2, -0.15) is 0 Å². The Balaban J connectivity index is 2.33. The number of nitro benzene ring substituents is 1. The summed E-state index contributed by atoms with van der Waals surface area (Å²) in [6.07, 6.45) is 0. The van der Waals surface area contributed by atoms with E-state index in [0.29, 0.717) is 5.56 Å². The summed E-state index contributed by atoms with van der Waals surface area (Å²) in [6.45, 7) is 9.75. The Labute approximate surface area is 128 Å². The predicted octanol–water partition coefficient (Wildman–Crippen LogP) is 4.46. The first-order valence-corrected chi connectivity index (χ1v) is 7.57. The standard InChI is InChI=1S/C15H19N3O2S/c1-8-6-9(2)14(18(19)20)7-13(8)16-10(3)15-11(4)21-12(5)17-15/h6-7,10,16H,1-5H3. The van der Waals surface area contributed by atoms with Crippen LogP contribution in [0.4, 0.5) is 11.4 Å². The molecule has 1 heterocycles. The van der Waals surface area contributed by atoms with E-state index in [2.05, 4.69) is 10.3 Å². The van der Waals surface area contributed by atoms with E-state index in [1.165, 1.54) is 4.88 Å². The van der Waals surface area contributed by atoms with Crippen molar-refractivity contribution in [2.45, 2.75) is 40.7 Å². The maximum Gasteiger partial charge on any atom is 0.274 e. The summed E-state index contributed by atoms with van der Waals surface area (Å²) in [5, 5.41) is 15.4. The van der Waals surface area contributed by atoms with Gasteiger partial charge in [-0.25, -0.2) is 4.98 Å². The van der Waals surface area contributed by atoms with Crippen molar-refractivity contribution in [3.05, 3.63) is 49.0 Å². The highest BCUT2D eigenvalue weighted by Crippen LogP contribution is 2.30. The summed E-state index contributed by atoms with van der Waals surface area (Å²) in [6, 6.07) is 3.46. The molecule has 1 aromatic heterocycles. The Kier molecular flexibility index (Phi) is 4.27. The minimum Gasteiger partial charge on any atom is -0.376 e. The number of aromatic nitrogens is 1. The van der Waals surface area contributed by atoms with Gasteiger partial charge in [-0.15, -0.1) is 11.3 Å². The van der Waals surface area contributed by atoms with Crippen molar-refractivity contribution in [2.24, 2.45) is 0 Å². The Morgan fingerprint density at radius 1 is 1.24 bits per heavy atom. The van der Waals surface area contributed by atoms with Gasteiger partial charge in [0.2, 0.25) is 0 Å². The molecule has 0 aliphatic carbocycles. The second kappa shape index (κ2) is 5.81. The zero-order valence-corrected chi connectivity index (χ0v) is 13.7. The fraction of sp³-hybridized carbons (Fsp3) is 0.400. The van der Waals surface area contributed by atoms with Gasteiger partial charge in [0.1, 0.15) is 0 Å². The SMILES string of the molecule is Cc1nc(C(C)Nc2cc([N+](=O)[O-])c(C)cc2C)c(C)s1. The molecule has 5 nitrogen and oxygen atoms in total. The molecule has 2 aromatic rings. The molecule has 0 amide bonds. The minimum atomic E-state index is -0.344. The molecule has 1 N–H and O–H groups in total. The van der Waals surface area contributed by atoms with Crippen LogP contribution < -0.4 is 5.32 Å². The molecule has 0 aliphatic rings. The highest BCUT2D eigenvalue weighted by Gasteiger charge is 2.17. The van der Waals surface area contributed by atoms with Crippen molar-refractivity contribution in [3.63, 3.8) is 0 Å². The van der Waals surface area contributed by atoms with E-state index in [-0.39, 0.29) is 16.7 Å². The maximum atomic E-state index is 11.1. The van der Waals surface area contributed by atoms with Crippen LogP contribution in [0.5, 0.6) is 0 Å². The second-order valence-corrected chi connectivity index (χ2v) is 6.66. The molecule has 0 bridgehead atoms. The number of nitro groups is 1. The second-order valence-electron chi connectivity index (χ2n) is 5.25. The third kappa shape index (κ3) is 3.21. The molecular weight excluding hydrogens is 286 g/mol. The van der Waals surface area contributed by atoms with Crippen LogP contribution in [0, 0.1) is 37.8 Å². The van der Waals surface area contributed by atoms with Gasteiger partial charge in [0.05, 0.1) is 21.7 Å². The fourth-order valence-electron chi connectivity index (χ4n) is 2.44. The molecule has 0 saturated carbocycles. The molecular formula is C15H19N3O2S. The van der Waals surface area contributed by atoms with Crippen LogP contribution in [0.15, 0.2) is 12.1 Å². The summed E-state index contributed by atoms with van der Waals surface area (Å²) in [5.74, 6) is 0. The van der Waals surface area contributed by atoms with Gasteiger partial charge in [-0.3, -0.25) is 10.1 Å². The highest BCUT2D eigenvalue weighted by atomic mass is 32.1. The average Bonchev–Trinajstić information content (AvgIpc) is 2.71. The zero-order chi connectivity index (χ0) is 15.7. The Morgan fingerprint density at radius 2 is 1.90 bits per heavy atom. The number of aryl methyl sites for hydroxylation is 4. The summed E-state index contributed by atoms with van der Waals surface area (Å²) in [7, 11) is 0. The predicted molar refractivity (Wildman–Crippen MR) is 86.2 cm³/mol. The number of thiazole rings is 1. The molecule has 2 rings (SSSR count). The van der Waals surface area contributed by atoms with Crippen molar-refractivity contribution < 1.29 is 4.92 Å². The number of hydrogen-bond acceptors (Lipinski definition) is 5. The van der Waals surface area contributed by atoms with Gasteiger partial charge in [0.25, 0.3) is 5.69 Å². The lowest BCUT2D eigenvalue weighted by molar-refractivity contribution is -0.385. The Bertz CT molecular complexity index is 694. The Hall–Kier alpha value is -1.95. The summed E-state index contributed by atoms with van der Waals surface area (Å²) < 4.78 is 0. The average molecular weight is 305 g/mol. The fourth-order valence-corrected chi connectivity index (χ4v) is 3.36. The maximum absolute atomic E-state index is 11.1. The number of hydrogen-bond donors (Lipinski definition) is 1. The van der Waals surface area contributed by atoms with E-state index >= 15 is 0 Å². The number of benzene rings is 1. The lowest BCUT2D eigenvalue weighted by Crippen LogP contribution is -2.10. The van der Waals surface area contributed by atoms with Crippen molar-refractivity contribution in [2.75, 3.05) is 5.32 Å². The summed E-state index contributed by atoms with van der Waals surface area (Å²) >= 11 is 1.66. The quantitative estimate of drug-likeness (QED) is 0.669. The lowest BCUT2D eigenvalue weighted by Gasteiger charge is -2.16. The first-order chi connectivity index (χ1) is 9.79. The molecule has 1 aromatic carbocycles. The van der Waals surface area contributed by atoms with Crippen LogP contribution in [0.2, 0.25) is 0 Å². The van der Waals surface area contributed by atoms with Crippen LogP contribution in [0.3, 0.4) is 0 Å². The Morgan fingerprint density at radius 3 is 2.43 bits per heavy atom. The number of anilines is 1. The smallest absolute Gasteiger partial charge is 0.274 e. The van der Waals surface area contributed by atoms with E-state index in [1.807, 2.05) is 33.8 Å². The highest BCUT2D eigenvalue weighted by molar-refractivity contribution is 7.11. The molecule has 112 valence electrons. The first-order valence-electron chi connectivity index (χ1n) is 6.75. The van der Waals surface area contributed by atoms with E-state index < -0.39 is 0 Å². The number of nitrogens with one attached hydrogen (secondary N) is 1. The van der Waals surface area contributed by atoms with E-state index in [9.17, 15) is 10.1 Å². The van der Waals surface area contributed by atoms with Gasteiger partial charge in [0, 0.05) is 22.2 Å². The van der Waals surface area contributed by atoms with Crippen molar-refractivity contribution in [1.29, 1.82) is 0 Å². The van der Waals surface area contributed by atoms with Crippen LogP contribution in [0.25, 0.3) is 0 Å². The largest absolute Gasteiger partial charge is 0.376 e. The topological polar surface area (TPSA) is 68.1 Å². The van der Waals surface area contributed by atoms with E-state index in [4.69, 9.17) is 0 Å². The van der Waals surface area contributed by atoms with Crippen molar-refractivity contribution in [1.82, 2.24) is 4.98 Å². The number of nitrogens with zero attached hydrogens (tertiary/aromatic N) is 2. The van der Waals surface area contributed by atoms with Crippen molar-refractivity contribution >= 4 is 22.7 Å². The molecule has 0 spiro atoms. The zero-order valence-electron chi connectivity index (χ0n) is 12.9. The van der Waals surface area contributed by atoms with Crippen molar-refractivity contribution in [3.8, 4) is 0 Å². The summed E-state index contributed by atoms with van der Waals surface area (Å²) in [4.78, 5) is 16.4. The van der Waals surface area contributed by atoms with Gasteiger partial charge < -0.3 is 5.32 Å². The van der Waals surface area contributed by atoms with Crippen LogP contribution in [0.1, 0.15) is 39.7 Å². The molecule has 6 heteroatoms. The molecule has 1 atom stereocenters. The molecule has 21 heavy (non-hydrogen) atoms. The third-order valence-electron chi connectivity index (χ3n) is 3.46. The monoisotopic (exact) mass is 305 g/mol.